The minimum atomic E-state index is 0.0217. The standard InChI is InChI=1S/C21H24N2OS/c1-16-5-3-6-17(13-16)15-23-11-9-18(10-12-23)21(24)22-19-7-4-8-20(14-19)25-2/h3-9,13-14H,10-12,15H2,1-2H3,(H,22,24). The molecule has 130 valence electrons. The van der Waals surface area contributed by atoms with Crippen LogP contribution in [0.15, 0.2) is 65.1 Å². The number of thioether (sulfide) groups is 1. The van der Waals surface area contributed by atoms with Crippen LogP contribution in [0.25, 0.3) is 0 Å². The number of hydrogen-bond acceptors (Lipinski definition) is 3. The van der Waals surface area contributed by atoms with E-state index in [1.54, 1.807) is 11.8 Å². The number of nitrogens with zero attached hydrogens (tertiary/aromatic N) is 1. The highest BCUT2D eigenvalue weighted by atomic mass is 32.2. The Bertz CT molecular complexity index is 785. The molecule has 3 rings (SSSR count). The van der Waals surface area contributed by atoms with Crippen molar-refractivity contribution in [3.63, 3.8) is 0 Å². The molecule has 0 saturated carbocycles. The van der Waals surface area contributed by atoms with Crippen molar-refractivity contribution in [2.24, 2.45) is 0 Å². The summed E-state index contributed by atoms with van der Waals surface area (Å²) in [5, 5.41) is 3.02. The van der Waals surface area contributed by atoms with Crippen molar-refractivity contribution in [3.8, 4) is 0 Å². The molecule has 0 saturated heterocycles. The number of hydrogen-bond donors (Lipinski definition) is 1. The van der Waals surface area contributed by atoms with Gasteiger partial charge in [-0.2, -0.15) is 0 Å². The highest BCUT2D eigenvalue weighted by Gasteiger charge is 2.17. The largest absolute Gasteiger partial charge is 0.322 e. The van der Waals surface area contributed by atoms with Crippen LogP contribution in [0, 0.1) is 6.92 Å². The predicted octanol–water partition coefficient (Wildman–Crippen LogP) is 4.49. The van der Waals surface area contributed by atoms with E-state index in [1.165, 1.54) is 11.1 Å². The molecular formula is C21H24N2OS. The van der Waals surface area contributed by atoms with Gasteiger partial charge in [0.15, 0.2) is 0 Å². The molecule has 2 aromatic rings. The van der Waals surface area contributed by atoms with Gasteiger partial charge in [-0.25, -0.2) is 0 Å². The van der Waals surface area contributed by atoms with Crippen molar-refractivity contribution >= 4 is 23.4 Å². The molecule has 0 spiro atoms. The van der Waals surface area contributed by atoms with Crippen LogP contribution in [0.3, 0.4) is 0 Å². The molecule has 4 heteroatoms. The summed E-state index contributed by atoms with van der Waals surface area (Å²) in [5.41, 5.74) is 4.36. The second-order valence-electron chi connectivity index (χ2n) is 6.39. The molecule has 0 bridgehead atoms. The van der Waals surface area contributed by atoms with E-state index < -0.39 is 0 Å². The van der Waals surface area contributed by atoms with Gasteiger partial charge < -0.3 is 5.32 Å². The zero-order chi connectivity index (χ0) is 17.6. The molecule has 0 atom stereocenters. The van der Waals surface area contributed by atoms with E-state index in [2.05, 4.69) is 47.5 Å². The maximum Gasteiger partial charge on any atom is 0.251 e. The zero-order valence-electron chi connectivity index (χ0n) is 14.8. The van der Waals surface area contributed by atoms with Gasteiger partial charge in [0.1, 0.15) is 0 Å². The van der Waals surface area contributed by atoms with E-state index in [0.717, 1.165) is 42.2 Å². The number of amides is 1. The first-order valence-corrected chi connectivity index (χ1v) is 9.79. The van der Waals surface area contributed by atoms with Gasteiger partial charge in [-0.05, 0) is 43.4 Å². The van der Waals surface area contributed by atoms with Crippen LogP contribution in [0.5, 0.6) is 0 Å². The SMILES string of the molecule is CSc1cccc(NC(=O)C2=CCN(Cc3cccc(C)c3)CC2)c1. The molecule has 0 unspecified atom stereocenters. The smallest absolute Gasteiger partial charge is 0.251 e. The zero-order valence-corrected chi connectivity index (χ0v) is 15.6. The molecule has 0 aromatic heterocycles. The molecule has 0 fully saturated rings. The van der Waals surface area contributed by atoms with E-state index >= 15 is 0 Å². The molecule has 1 amide bonds. The number of aryl methyl sites for hydroxylation is 1. The minimum absolute atomic E-state index is 0.0217. The second kappa shape index (κ2) is 8.37. The Hall–Kier alpha value is -2.04. The maximum absolute atomic E-state index is 12.5. The van der Waals surface area contributed by atoms with Crippen LogP contribution in [0.1, 0.15) is 17.5 Å². The first kappa shape index (κ1) is 17.8. The third kappa shape index (κ3) is 4.97. The quantitative estimate of drug-likeness (QED) is 0.805. The lowest BCUT2D eigenvalue weighted by Gasteiger charge is -2.26. The van der Waals surface area contributed by atoms with Crippen LogP contribution in [-0.2, 0) is 11.3 Å². The Morgan fingerprint density at radius 1 is 1.20 bits per heavy atom. The Morgan fingerprint density at radius 3 is 2.76 bits per heavy atom. The van der Waals surface area contributed by atoms with E-state index in [0.29, 0.717) is 0 Å². The second-order valence-corrected chi connectivity index (χ2v) is 7.27. The lowest BCUT2D eigenvalue weighted by molar-refractivity contribution is -0.113. The average molecular weight is 353 g/mol. The highest BCUT2D eigenvalue weighted by molar-refractivity contribution is 7.98. The minimum Gasteiger partial charge on any atom is -0.322 e. The lowest BCUT2D eigenvalue weighted by atomic mass is 10.1. The van der Waals surface area contributed by atoms with Crippen molar-refractivity contribution in [2.45, 2.75) is 24.8 Å². The van der Waals surface area contributed by atoms with Crippen LogP contribution in [0.2, 0.25) is 0 Å². The summed E-state index contributed by atoms with van der Waals surface area (Å²) in [6.45, 7) is 4.79. The lowest BCUT2D eigenvalue weighted by Crippen LogP contribution is -2.31. The van der Waals surface area contributed by atoms with Crippen molar-refractivity contribution in [2.75, 3.05) is 24.7 Å². The predicted molar refractivity (Wildman–Crippen MR) is 106 cm³/mol. The van der Waals surface area contributed by atoms with Crippen LogP contribution < -0.4 is 5.32 Å². The average Bonchev–Trinajstić information content (AvgIpc) is 2.62. The molecule has 1 heterocycles. The molecule has 2 aromatic carbocycles. The van der Waals surface area contributed by atoms with E-state index in [1.807, 2.05) is 30.5 Å². The topological polar surface area (TPSA) is 32.3 Å². The number of benzene rings is 2. The summed E-state index contributed by atoms with van der Waals surface area (Å²) in [5.74, 6) is 0.0217. The number of anilines is 1. The third-order valence-corrected chi connectivity index (χ3v) is 5.13. The number of carbonyl (C=O) groups is 1. The van der Waals surface area contributed by atoms with E-state index in [4.69, 9.17) is 0 Å². The first-order chi connectivity index (χ1) is 12.1. The summed E-state index contributed by atoms with van der Waals surface area (Å²) in [6, 6.07) is 16.6. The Labute approximate surface area is 154 Å². The van der Waals surface area contributed by atoms with Gasteiger partial charge in [0.25, 0.3) is 5.91 Å². The summed E-state index contributed by atoms with van der Waals surface area (Å²) in [7, 11) is 0. The molecule has 1 N–H and O–H groups in total. The third-order valence-electron chi connectivity index (χ3n) is 4.40. The molecular weight excluding hydrogens is 328 g/mol. The summed E-state index contributed by atoms with van der Waals surface area (Å²) in [4.78, 5) is 16.0. The van der Waals surface area contributed by atoms with Crippen molar-refractivity contribution < 1.29 is 4.79 Å². The van der Waals surface area contributed by atoms with Crippen molar-refractivity contribution in [1.82, 2.24) is 4.90 Å². The number of nitrogens with one attached hydrogen (secondary N) is 1. The van der Waals surface area contributed by atoms with Gasteiger partial charge in [-0.1, -0.05) is 42.0 Å². The fraction of sp³-hybridized carbons (Fsp3) is 0.286. The van der Waals surface area contributed by atoms with Crippen molar-refractivity contribution in [3.05, 3.63) is 71.3 Å². The molecule has 1 aliphatic heterocycles. The van der Waals surface area contributed by atoms with Gasteiger partial charge in [0.2, 0.25) is 0 Å². The summed E-state index contributed by atoms with van der Waals surface area (Å²) >= 11 is 1.68. The molecule has 3 nitrogen and oxygen atoms in total. The van der Waals surface area contributed by atoms with Crippen LogP contribution in [-0.4, -0.2) is 30.2 Å². The van der Waals surface area contributed by atoms with Gasteiger partial charge in [0, 0.05) is 35.8 Å². The summed E-state index contributed by atoms with van der Waals surface area (Å²) < 4.78 is 0. The Morgan fingerprint density at radius 2 is 2.04 bits per heavy atom. The van der Waals surface area contributed by atoms with Crippen molar-refractivity contribution in [1.29, 1.82) is 0 Å². The van der Waals surface area contributed by atoms with Gasteiger partial charge in [0.05, 0.1) is 0 Å². The fourth-order valence-electron chi connectivity index (χ4n) is 3.04. The molecule has 0 radical (unpaired) electrons. The fourth-order valence-corrected chi connectivity index (χ4v) is 3.50. The van der Waals surface area contributed by atoms with Crippen LogP contribution in [0.4, 0.5) is 5.69 Å². The normalized spacial score (nSPS) is 14.9. The molecule has 25 heavy (non-hydrogen) atoms. The van der Waals surface area contributed by atoms with Gasteiger partial charge >= 0.3 is 0 Å². The van der Waals surface area contributed by atoms with Gasteiger partial charge in [-0.15, -0.1) is 11.8 Å². The summed E-state index contributed by atoms with van der Waals surface area (Å²) in [6.07, 6.45) is 4.89. The first-order valence-electron chi connectivity index (χ1n) is 8.56. The van der Waals surface area contributed by atoms with E-state index in [-0.39, 0.29) is 5.91 Å². The molecule has 0 aliphatic carbocycles. The maximum atomic E-state index is 12.5. The Kier molecular flexibility index (Phi) is 5.95. The monoisotopic (exact) mass is 352 g/mol. The molecule has 1 aliphatic rings. The number of rotatable bonds is 5. The highest BCUT2D eigenvalue weighted by Crippen LogP contribution is 2.21. The van der Waals surface area contributed by atoms with Crippen LogP contribution >= 0.6 is 11.8 Å². The van der Waals surface area contributed by atoms with Gasteiger partial charge in [-0.3, -0.25) is 9.69 Å². The Balaban J connectivity index is 1.57. The van der Waals surface area contributed by atoms with E-state index in [9.17, 15) is 4.79 Å². The number of carbonyl (C=O) groups excluding carboxylic acids is 1.